The number of para-hydroxylation sites is 1. The van der Waals surface area contributed by atoms with Crippen LogP contribution in [0.5, 0.6) is 0 Å². The second-order valence-electron chi connectivity index (χ2n) is 6.71. The standard InChI is InChI=1S/C19H24N4O2/c24-19(18-13-20-15-23(18)16-5-2-1-3-6-16)22-10-8-21(9-11-22)14-17-7-4-12-25-17/h1-3,5-6,13,15,17H,4,7-12,14H2/t17-/m1/s1. The molecule has 0 saturated carbocycles. The first-order valence-corrected chi connectivity index (χ1v) is 9.02. The predicted molar refractivity (Wildman–Crippen MR) is 94.9 cm³/mol. The van der Waals surface area contributed by atoms with E-state index < -0.39 is 0 Å². The largest absolute Gasteiger partial charge is 0.377 e. The predicted octanol–water partition coefficient (Wildman–Crippen LogP) is 1.81. The number of aromatic nitrogens is 2. The van der Waals surface area contributed by atoms with Crippen LogP contribution in [0.4, 0.5) is 0 Å². The van der Waals surface area contributed by atoms with Gasteiger partial charge in [0.2, 0.25) is 0 Å². The van der Waals surface area contributed by atoms with Gasteiger partial charge in [-0.3, -0.25) is 14.3 Å². The highest BCUT2D eigenvalue weighted by Gasteiger charge is 2.26. The monoisotopic (exact) mass is 340 g/mol. The van der Waals surface area contributed by atoms with E-state index in [1.165, 1.54) is 6.42 Å². The van der Waals surface area contributed by atoms with Gasteiger partial charge in [0.25, 0.3) is 5.91 Å². The van der Waals surface area contributed by atoms with Crippen LogP contribution in [0, 0.1) is 0 Å². The van der Waals surface area contributed by atoms with Gasteiger partial charge in [0, 0.05) is 45.0 Å². The fourth-order valence-corrected chi connectivity index (χ4v) is 3.62. The summed E-state index contributed by atoms with van der Waals surface area (Å²) in [4.78, 5) is 21.5. The first-order chi connectivity index (χ1) is 12.3. The molecule has 1 aromatic heterocycles. The number of hydrogen-bond donors (Lipinski definition) is 0. The van der Waals surface area contributed by atoms with Crippen LogP contribution < -0.4 is 0 Å². The van der Waals surface area contributed by atoms with Crippen molar-refractivity contribution in [1.82, 2.24) is 19.4 Å². The molecule has 2 aliphatic heterocycles. The maximum atomic E-state index is 12.9. The number of ether oxygens (including phenoxy) is 1. The number of amides is 1. The van der Waals surface area contributed by atoms with E-state index in [1.807, 2.05) is 39.8 Å². The molecule has 0 spiro atoms. The molecule has 0 bridgehead atoms. The summed E-state index contributed by atoms with van der Waals surface area (Å²) in [6, 6.07) is 9.87. The van der Waals surface area contributed by atoms with Gasteiger partial charge in [0.05, 0.1) is 18.6 Å². The molecule has 1 atom stereocenters. The van der Waals surface area contributed by atoms with Gasteiger partial charge in [-0.1, -0.05) is 18.2 Å². The highest BCUT2D eigenvalue weighted by atomic mass is 16.5. The van der Waals surface area contributed by atoms with E-state index in [9.17, 15) is 4.79 Å². The number of carbonyl (C=O) groups excluding carboxylic acids is 1. The summed E-state index contributed by atoms with van der Waals surface area (Å²) >= 11 is 0. The highest BCUT2D eigenvalue weighted by Crippen LogP contribution is 2.17. The Morgan fingerprint density at radius 2 is 1.96 bits per heavy atom. The number of carbonyl (C=O) groups is 1. The van der Waals surface area contributed by atoms with E-state index in [2.05, 4.69) is 9.88 Å². The molecule has 1 aromatic carbocycles. The molecule has 6 nitrogen and oxygen atoms in total. The Kier molecular flexibility index (Phi) is 4.81. The van der Waals surface area contributed by atoms with Crippen molar-refractivity contribution < 1.29 is 9.53 Å². The molecule has 2 fully saturated rings. The van der Waals surface area contributed by atoms with Gasteiger partial charge >= 0.3 is 0 Å². The van der Waals surface area contributed by atoms with Crippen molar-refractivity contribution in [3.63, 3.8) is 0 Å². The van der Waals surface area contributed by atoms with Crippen LogP contribution >= 0.6 is 0 Å². The Balaban J connectivity index is 1.39. The van der Waals surface area contributed by atoms with Crippen LogP contribution in [0.15, 0.2) is 42.9 Å². The molecule has 3 heterocycles. The molecule has 4 rings (SSSR count). The van der Waals surface area contributed by atoms with E-state index in [-0.39, 0.29) is 5.91 Å². The van der Waals surface area contributed by atoms with Crippen LogP contribution in [0.1, 0.15) is 23.3 Å². The van der Waals surface area contributed by atoms with Crippen molar-refractivity contribution in [1.29, 1.82) is 0 Å². The lowest BCUT2D eigenvalue weighted by Gasteiger charge is -2.35. The Morgan fingerprint density at radius 1 is 1.16 bits per heavy atom. The summed E-state index contributed by atoms with van der Waals surface area (Å²) in [5.74, 6) is 0.0538. The van der Waals surface area contributed by atoms with E-state index in [0.717, 1.165) is 51.4 Å². The van der Waals surface area contributed by atoms with Crippen LogP contribution in [-0.4, -0.2) is 70.7 Å². The number of rotatable bonds is 4. The van der Waals surface area contributed by atoms with E-state index in [0.29, 0.717) is 11.8 Å². The normalized spacial score (nSPS) is 21.6. The number of piperazine rings is 1. The minimum atomic E-state index is 0.0538. The summed E-state index contributed by atoms with van der Waals surface area (Å²) in [7, 11) is 0. The van der Waals surface area contributed by atoms with Crippen molar-refractivity contribution in [2.75, 3.05) is 39.3 Å². The van der Waals surface area contributed by atoms with Gasteiger partial charge in [-0.05, 0) is 25.0 Å². The lowest BCUT2D eigenvalue weighted by Crippen LogP contribution is -2.50. The smallest absolute Gasteiger partial charge is 0.272 e. The quantitative estimate of drug-likeness (QED) is 0.852. The van der Waals surface area contributed by atoms with Crippen molar-refractivity contribution in [2.24, 2.45) is 0 Å². The number of hydrogen-bond acceptors (Lipinski definition) is 4. The zero-order valence-corrected chi connectivity index (χ0v) is 14.4. The number of benzene rings is 1. The van der Waals surface area contributed by atoms with Gasteiger partial charge < -0.3 is 9.64 Å². The maximum Gasteiger partial charge on any atom is 0.272 e. The third kappa shape index (κ3) is 3.60. The third-order valence-corrected chi connectivity index (χ3v) is 5.04. The molecule has 25 heavy (non-hydrogen) atoms. The summed E-state index contributed by atoms with van der Waals surface area (Å²) in [6.45, 7) is 5.21. The molecule has 0 N–H and O–H groups in total. The second kappa shape index (κ2) is 7.37. The summed E-state index contributed by atoms with van der Waals surface area (Å²) in [5, 5.41) is 0. The maximum absolute atomic E-state index is 12.9. The molecule has 0 radical (unpaired) electrons. The molecule has 132 valence electrons. The molecule has 0 aliphatic carbocycles. The van der Waals surface area contributed by atoms with Crippen molar-refractivity contribution in [2.45, 2.75) is 18.9 Å². The topological polar surface area (TPSA) is 50.6 Å². The fraction of sp³-hybridized carbons (Fsp3) is 0.474. The Morgan fingerprint density at radius 3 is 2.68 bits per heavy atom. The molecule has 1 amide bonds. The fourth-order valence-electron chi connectivity index (χ4n) is 3.62. The third-order valence-electron chi connectivity index (χ3n) is 5.04. The molecular weight excluding hydrogens is 316 g/mol. The van der Waals surface area contributed by atoms with Crippen LogP contribution in [0.25, 0.3) is 5.69 Å². The Hall–Kier alpha value is -2.18. The Labute approximate surface area is 148 Å². The molecule has 0 unspecified atom stereocenters. The summed E-state index contributed by atoms with van der Waals surface area (Å²) in [6.07, 6.45) is 6.08. The van der Waals surface area contributed by atoms with Gasteiger partial charge in [0.1, 0.15) is 5.69 Å². The SMILES string of the molecule is O=C(c1cncn1-c1ccccc1)N1CCN(C[C@H]2CCCO2)CC1. The van der Waals surface area contributed by atoms with E-state index in [1.54, 1.807) is 12.5 Å². The zero-order chi connectivity index (χ0) is 17.1. The minimum Gasteiger partial charge on any atom is -0.377 e. The van der Waals surface area contributed by atoms with Crippen LogP contribution in [-0.2, 0) is 4.74 Å². The van der Waals surface area contributed by atoms with Crippen molar-refractivity contribution in [3.05, 3.63) is 48.5 Å². The number of imidazole rings is 1. The minimum absolute atomic E-state index is 0.0538. The second-order valence-corrected chi connectivity index (χ2v) is 6.71. The first kappa shape index (κ1) is 16.3. The van der Waals surface area contributed by atoms with Crippen LogP contribution in [0.2, 0.25) is 0 Å². The van der Waals surface area contributed by atoms with E-state index >= 15 is 0 Å². The van der Waals surface area contributed by atoms with Crippen molar-refractivity contribution >= 4 is 5.91 Å². The summed E-state index contributed by atoms with van der Waals surface area (Å²) < 4.78 is 7.58. The van der Waals surface area contributed by atoms with Gasteiger partial charge in [-0.25, -0.2) is 4.98 Å². The highest BCUT2D eigenvalue weighted by molar-refractivity contribution is 5.93. The lowest BCUT2D eigenvalue weighted by atomic mass is 10.2. The zero-order valence-electron chi connectivity index (χ0n) is 14.4. The average Bonchev–Trinajstić information content (AvgIpc) is 3.34. The summed E-state index contributed by atoms with van der Waals surface area (Å²) in [5.41, 5.74) is 1.58. The molecule has 2 saturated heterocycles. The molecule has 2 aliphatic rings. The van der Waals surface area contributed by atoms with Gasteiger partial charge in [-0.2, -0.15) is 0 Å². The lowest BCUT2D eigenvalue weighted by molar-refractivity contribution is 0.0428. The number of nitrogens with zero attached hydrogens (tertiary/aromatic N) is 4. The molecular formula is C19H24N4O2. The van der Waals surface area contributed by atoms with Gasteiger partial charge in [0.15, 0.2) is 0 Å². The first-order valence-electron chi connectivity index (χ1n) is 9.02. The average molecular weight is 340 g/mol. The molecule has 2 aromatic rings. The van der Waals surface area contributed by atoms with Crippen molar-refractivity contribution in [3.8, 4) is 5.69 Å². The molecule has 6 heteroatoms. The van der Waals surface area contributed by atoms with Gasteiger partial charge in [-0.15, -0.1) is 0 Å². The van der Waals surface area contributed by atoms with E-state index in [4.69, 9.17) is 4.74 Å². The van der Waals surface area contributed by atoms with Crippen LogP contribution in [0.3, 0.4) is 0 Å². The Bertz CT molecular complexity index is 701.